The lowest BCUT2D eigenvalue weighted by Crippen LogP contribution is -2.25. The van der Waals surface area contributed by atoms with Gasteiger partial charge in [-0.2, -0.15) is 0 Å². The third-order valence-electron chi connectivity index (χ3n) is 2.63. The summed E-state index contributed by atoms with van der Waals surface area (Å²) < 4.78 is 4.57. The van der Waals surface area contributed by atoms with Gasteiger partial charge in [0.25, 0.3) is 0 Å². The summed E-state index contributed by atoms with van der Waals surface area (Å²) in [7, 11) is 0.225. The first-order valence-corrected chi connectivity index (χ1v) is 10.6. The molecule has 4 heteroatoms. The van der Waals surface area contributed by atoms with Crippen molar-refractivity contribution >= 4 is 14.0 Å². The number of ether oxygens (including phenoxy) is 1. The summed E-state index contributed by atoms with van der Waals surface area (Å²) >= 11 is 0. The Bertz CT molecular complexity index is 303. The maximum Gasteiger partial charge on any atom is 0.305 e. The van der Waals surface area contributed by atoms with Crippen LogP contribution in [0.15, 0.2) is 24.3 Å². The molecule has 1 unspecified atom stereocenters. The fraction of sp³-hybridized carbons (Fsp3) is 0.667. The quantitative estimate of drug-likeness (QED) is 0.305. The standard InChI is InChI=1S/C15H28O3Si/c1-18-15(17)12-10-8-6-5-7-9-11-14(16)13-19(2,3)4/h5,7,9,11,14,16H,6,8,10,12-13H2,1-4H3/b7-5+,11-9?. The molecule has 0 rings (SSSR count). The molecule has 0 fully saturated rings. The van der Waals surface area contributed by atoms with E-state index in [0.29, 0.717) is 6.42 Å². The lowest BCUT2D eigenvalue weighted by atomic mass is 10.2. The zero-order valence-corrected chi connectivity index (χ0v) is 13.7. The molecule has 0 aromatic rings. The van der Waals surface area contributed by atoms with E-state index in [1.54, 1.807) is 0 Å². The molecular formula is C15H28O3Si. The van der Waals surface area contributed by atoms with Crippen LogP contribution in [0.25, 0.3) is 0 Å². The predicted molar refractivity (Wildman–Crippen MR) is 82.9 cm³/mol. The molecular weight excluding hydrogens is 256 g/mol. The van der Waals surface area contributed by atoms with Crippen molar-refractivity contribution in [2.45, 2.75) is 57.5 Å². The van der Waals surface area contributed by atoms with Crippen LogP contribution in [0.1, 0.15) is 25.7 Å². The Morgan fingerprint density at radius 2 is 1.95 bits per heavy atom. The number of carbonyl (C=O) groups excluding carboxylic acids is 1. The molecule has 0 aliphatic carbocycles. The third-order valence-corrected chi connectivity index (χ3v) is 4.27. The minimum Gasteiger partial charge on any atom is -0.469 e. The lowest BCUT2D eigenvalue weighted by molar-refractivity contribution is -0.140. The van der Waals surface area contributed by atoms with Crippen LogP contribution in [0.2, 0.25) is 25.7 Å². The molecule has 0 aromatic heterocycles. The number of unbranched alkanes of at least 4 members (excludes halogenated alkanes) is 2. The molecule has 1 atom stereocenters. The average molecular weight is 284 g/mol. The van der Waals surface area contributed by atoms with E-state index in [9.17, 15) is 9.90 Å². The van der Waals surface area contributed by atoms with Gasteiger partial charge in [0.05, 0.1) is 13.2 Å². The fourth-order valence-corrected chi connectivity index (χ4v) is 3.09. The highest BCUT2D eigenvalue weighted by atomic mass is 28.3. The maximum atomic E-state index is 10.9. The Morgan fingerprint density at radius 3 is 2.53 bits per heavy atom. The molecule has 3 nitrogen and oxygen atoms in total. The van der Waals surface area contributed by atoms with Crippen LogP contribution < -0.4 is 0 Å². The summed E-state index contributed by atoms with van der Waals surface area (Å²) in [4.78, 5) is 10.9. The molecule has 0 saturated heterocycles. The van der Waals surface area contributed by atoms with E-state index in [2.05, 4.69) is 30.5 Å². The number of hydrogen-bond donors (Lipinski definition) is 1. The number of esters is 1. The number of aliphatic hydroxyl groups is 1. The minimum absolute atomic E-state index is 0.140. The first-order chi connectivity index (χ1) is 8.85. The number of allylic oxidation sites excluding steroid dienone is 3. The summed E-state index contributed by atoms with van der Waals surface area (Å²) in [5.74, 6) is -0.140. The second-order valence-electron chi connectivity index (χ2n) is 5.97. The molecule has 110 valence electrons. The average Bonchev–Trinajstić information content (AvgIpc) is 2.29. The van der Waals surface area contributed by atoms with Crippen LogP contribution >= 0.6 is 0 Å². The Labute approximate surface area is 118 Å². The van der Waals surface area contributed by atoms with Crippen LogP contribution in [0, 0.1) is 0 Å². The molecule has 0 aromatic carbocycles. The van der Waals surface area contributed by atoms with E-state index in [-0.39, 0.29) is 12.1 Å². The molecule has 0 aliphatic rings. The molecule has 0 saturated carbocycles. The molecule has 0 spiro atoms. The number of hydrogen-bond acceptors (Lipinski definition) is 3. The lowest BCUT2D eigenvalue weighted by Gasteiger charge is -2.17. The van der Waals surface area contributed by atoms with Crippen molar-refractivity contribution in [1.82, 2.24) is 0 Å². The van der Waals surface area contributed by atoms with Crippen molar-refractivity contribution < 1.29 is 14.6 Å². The number of aliphatic hydroxyl groups excluding tert-OH is 1. The van der Waals surface area contributed by atoms with Crippen LogP contribution in [0.3, 0.4) is 0 Å². The predicted octanol–water partition coefficient (Wildman–Crippen LogP) is 3.53. The van der Waals surface area contributed by atoms with Crippen LogP contribution in [0.4, 0.5) is 0 Å². The van der Waals surface area contributed by atoms with Crippen LogP contribution in [-0.4, -0.2) is 32.4 Å². The normalized spacial score (nSPS) is 14.2. The highest BCUT2D eigenvalue weighted by Gasteiger charge is 2.16. The van der Waals surface area contributed by atoms with E-state index < -0.39 is 8.07 Å². The first kappa shape index (κ1) is 18.1. The Hall–Kier alpha value is -0.873. The summed E-state index contributed by atoms with van der Waals surface area (Å²) in [6.45, 7) is 6.75. The molecule has 19 heavy (non-hydrogen) atoms. The zero-order chi connectivity index (χ0) is 14.7. The second-order valence-corrected chi connectivity index (χ2v) is 11.5. The van der Waals surface area contributed by atoms with E-state index in [1.807, 2.05) is 18.2 Å². The van der Waals surface area contributed by atoms with Gasteiger partial charge in [0, 0.05) is 14.5 Å². The van der Waals surface area contributed by atoms with Crippen molar-refractivity contribution in [3.05, 3.63) is 24.3 Å². The van der Waals surface area contributed by atoms with Gasteiger partial charge in [0.2, 0.25) is 0 Å². The van der Waals surface area contributed by atoms with Crippen molar-refractivity contribution in [2.75, 3.05) is 7.11 Å². The smallest absolute Gasteiger partial charge is 0.305 e. The second kappa shape index (κ2) is 9.98. The molecule has 0 amide bonds. The third kappa shape index (κ3) is 13.4. The van der Waals surface area contributed by atoms with Gasteiger partial charge in [-0.05, 0) is 25.3 Å². The van der Waals surface area contributed by atoms with Gasteiger partial charge in [0.15, 0.2) is 0 Å². The first-order valence-electron chi connectivity index (χ1n) is 6.93. The van der Waals surface area contributed by atoms with Gasteiger partial charge < -0.3 is 9.84 Å². The molecule has 0 bridgehead atoms. The molecule has 0 radical (unpaired) electrons. The zero-order valence-electron chi connectivity index (χ0n) is 12.7. The Balaban J connectivity index is 3.65. The Kier molecular flexibility index (Phi) is 9.52. The van der Waals surface area contributed by atoms with Crippen molar-refractivity contribution in [3.63, 3.8) is 0 Å². The highest BCUT2D eigenvalue weighted by molar-refractivity contribution is 6.76. The van der Waals surface area contributed by atoms with Crippen LogP contribution in [-0.2, 0) is 9.53 Å². The topological polar surface area (TPSA) is 46.5 Å². The molecule has 0 heterocycles. The summed E-state index contributed by atoms with van der Waals surface area (Å²) in [6.07, 6.45) is 10.8. The van der Waals surface area contributed by atoms with Crippen molar-refractivity contribution in [3.8, 4) is 0 Å². The van der Waals surface area contributed by atoms with Crippen LogP contribution in [0.5, 0.6) is 0 Å². The minimum atomic E-state index is -1.19. The monoisotopic (exact) mass is 284 g/mol. The van der Waals surface area contributed by atoms with Gasteiger partial charge in [-0.1, -0.05) is 43.9 Å². The van der Waals surface area contributed by atoms with Crippen molar-refractivity contribution in [1.29, 1.82) is 0 Å². The highest BCUT2D eigenvalue weighted by Crippen LogP contribution is 2.12. The van der Waals surface area contributed by atoms with E-state index in [0.717, 1.165) is 25.3 Å². The summed E-state index contributed by atoms with van der Waals surface area (Å²) in [5, 5.41) is 9.78. The largest absolute Gasteiger partial charge is 0.469 e. The molecule has 1 N–H and O–H groups in total. The van der Waals surface area contributed by atoms with Gasteiger partial charge in [-0.15, -0.1) is 0 Å². The van der Waals surface area contributed by atoms with E-state index >= 15 is 0 Å². The Morgan fingerprint density at radius 1 is 1.26 bits per heavy atom. The van der Waals surface area contributed by atoms with Gasteiger partial charge >= 0.3 is 5.97 Å². The van der Waals surface area contributed by atoms with Crippen molar-refractivity contribution in [2.24, 2.45) is 0 Å². The van der Waals surface area contributed by atoms with E-state index in [4.69, 9.17) is 0 Å². The SMILES string of the molecule is COC(=O)CCCC/C=C/C=CC(O)C[Si](C)(C)C. The maximum absolute atomic E-state index is 10.9. The molecule has 0 aliphatic heterocycles. The van der Waals surface area contributed by atoms with E-state index in [1.165, 1.54) is 7.11 Å². The fourth-order valence-electron chi connectivity index (χ4n) is 1.70. The number of rotatable bonds is 9. The number of methoxy groups -OCH3 is 1. The summed E-state index contributed by atoms with van der Waals surface area (Å²) in [5.41, 5.74) is 0. The number of carbonyl (C=O) groups is 1. The van der Waals surface area contributed by atoms with Gasteiger partial charge in [-0.25, -0.2) is 0 Å². The van der Waals surface area contributed by atoms with Gasteiger partial charge in [0.1, 0.15) is 0 Å². The van der Waals surface area contributed by atoms with Gasteiger partial charge in [-0.3, -0.25) is 4.79 Å². The summed E-state index contributed by atoms with van der Waals surface area (Å²) in [6, 6.07) is 0.899.